The largest absolute Gasteiger partial charge is 0.319 e. The first-order valence-electron chi connectivity index (χ1n) is 3.60. The monoisotopic (exact) mass is 179 g/mol. The zero-order valence-corrected chi connectivity index (χ0v) is 6.48. The second-order valence-corrected chi connectivity index (χ2v) is 2.63. The van der Waals surface area contributed by atoms with Gasteiger partial charge in [-0.25, -0.2) is 0 Å². The van der Waals surface area contributed by atoms with Crippen LogP contribution < -0.4 is 5.32 Å². The second kappa shape index (κ2) is 2.51. The van der Waals surface area contributed by atoms with E-state index in [-0.39, 0.29) is 23.7 Å². The molecule has 1 aliphatic heterocycles. The maximum absolute atomic E-state index is 10.9. The Morgan fingerprint density at radius 3 is 3.08 bits per heavy atom. The minimum absolute atomic E-state index is 0.101. The summed E-state index contributed by atoms with van der Waals surface area (Å²) >= 11 is 0. The highest BCUT2D eigenvalue weighted by atomic mass is 16.6. The SMILES string of the molecule is O=C1Cc2nccc([N+](=O)[O-])c2N1. The Bertz CT molecular complexity index is 402. The van der Waals surface area contributed by atoms with Crippen molar-refractivity contribution in [2.24, 2.45) is 0 Å². The summed E-state index contributed by atoms with van der Waals surface area (Å²) in [6.45, 7) is 0. The third-order valence-corrected chi connectivity index (χ3v) is 1.80. The number of nitrogens with zero attached hydrogens (tertiary/aromatic N) is 2. The van der Waals surface area contributed by atoms with E-state index in [4.69, 9.17) is 0 Å². The molecular formula is C7H5N3O3. The number of rotatable bonds is 1. The molecule has 1 aromatic heterocycles. The summed E-state index contributed by atoms with van der Waals surface area (Å²) in [6.07, 6.45) is 1.45. The van der Waals surface area contributed by atoms with E-state index in [1.54, 1.807) is 0 Å². The number of nitro groups is 1. The van der Waals surface area contributed by atoms with Crippen molar-refractivity contribution in [2.45, 2.75) is 6.42 Å². The average Bonchev–Trinajstić information content (AvgIpc) is 2.43. The van der Waals surface area contributed by atoms with Crippen LogP contribution in [0.2, 0.25) is 0 Å². The Morgan fingerprint density at radius 2 is 2.38 bits per heavy atom. The van der Waals surface area contributed by atoms with E-state index in [9.17, 15) is 14.9 Å². The van der Waals surface area contributed by atoms with Crippen molar-refractivity contribution in [2.75, 3.05) is 5.32 Å². The predicted octanol–water partition coefficient (Wildman–Crippen LogP) is 0.484. The van der Waals surface area contributed by atoms with E-state index >= 15 is 0 Å². The normalized spacial score (nSPS) is 13.7. The topological polar surface area (TPSA) is 85.1 Å². The molecule has 0 saturated carbocycles. The van der Waals surface area contributed by atoms with Crippen LogP contribution in [0.5, 0.6) is 0 Å². The number of nitrogens with one attached hydrogen (secondary N) is 1. The first-order chi connectivity index (χ1) is 6.18. The quantitative estimate of drug-likeness (QED) is 0.502. The van der Waals surface area contributed by atoms with Crippen molar-refractivity contribution in [3.8, 4) is 0 Å². The van der Waals surface area contributed by atoms with Crippen molar-refractivity contribution < 1.29 is 9.72 Å². The fraction of sp³-hybridized carbons (Fsp3) is 0.143. The Balaban J connectivity index is 2.57. The Morgan fingerprint density at radius 1 is 1.62 bits per heavy atom. The van der Waals surface area contributed by atoms with Gasteiger partial charge in [0.2, 0.25) is 5.91 Å². The van der Waals surface area contributed by atoms with Crippen molar-refractivity contribution in [3.05, 3.63) is 28.1 Å². The molecule has 13 heavy (non-hydrogen) atoms. The van der Waals surface area contributed by atoms with Crippen LogP contribution >= 0.6 is 0 Å². The fourth-order valence-corrected chi connectivity index (χ4v) is 1.25. The van der Waals surface area contributed by atoms with Gasteiger partial charge in [0.1, 0.15) is 5.69 Å². The van der Waals surface area contributed by atoms with E-state index in [0.717, 1.165) is 0 Å². The summed E-state index contributed by atoms with van der Waals surface area (Å²) in [5, 5.41) is 12.9. The minimum atomic E-state index is -0.536. The molecule has 1 N–H and O–H groups in total. The van der Waals surface area contributed by atoms with Crippen LogP contribution in [0.3, 0.4) is 0 Å². The van der Waals surface area contributed by atoms with Gasteiger partial charge in [0, 0.05) is 12.3 Å². The van der Waals surface area contributed by atoms with Gasteiger partial charge in [-0.2, -0.15) is 0 Å². The van der Waals surface area contributed by atoms with Crippen molar-refractivity contribution in [1.29, 1.82) is 0 Å². The van der Waals surface area contributed by atoms with Crippen LogP contribution in [0.25, 0.3) is 0 Å². The smallest absolute Gasteiger partial charge is 0.296 e. The van der Waals surface area contributed by atoms with Crippen LogP contribution in [0.15, 0.2) is 12.3 Å². The summed E-state index contributed by atoms with van der Waals surface area (Å²) in [5.41, 5.74) is 0.576. The lowest BCUT2D eigenvalue weighted by molar-refractivity contribution is -0.384. The molecule has 0 bridgehead atoms. The molecule has 0 atom stereocenters. The molecule has 0 aromatic carbocycles. The molecule has 6 heteroatoms. The van der Waals surface area contributed by atoms with Gasteiger partial charge in [0.25, 0.3) is 5.69 Å². The Labute approximate surface area is 72.7 Å². The van der Waals surface area contributed by atoms with E-state index in [1.165, 1.54) is 12.3 Å². The van der Waals surface area contributed by atoms with Gasteiger partial charge in [-0.1, -0.05) is 0 Å². The maximum Gasteiger partial charge on any atom is 0.296 e. The summed E-state index contributed by atoms with van der Waals surface area (Å²) in [6, 6.07) is 1.27. The zero-order chi connectivity index (χ0) is 9.42. The number of pyridine rings is 1. The van der Waals surface area contributed by atoms with E-state index in [0.29, 0.717) is 5.69 Å². The Kier molecular flexibility index (Phi) is 1.48. The summed E-state index contributed by atoms with van der Waals surface area (Å²) in [5.74, 6) is -0.253. The van der Waals surface area contributed by atoms with Crippen molar-refractivity contribution >= 4 is 17.3 Å². The molecule has 0 spiro atoms. The Hall–Kier alpha value is -1.98. The summed E-state index contributed by atoms with van der Waals surface area (Å²) in [7, 11) is 0. The number of amides is 1. The number of anilines is 1. The third kappa shape index (κ3) is 1.12. The van der Waals surface area contributed by atoms with E-state index in [2.05, 4.69) is 10.3 Å². The highest BCUT2D eigenvalue weighted by Crippen LogP contribution is 2.30. The number of carbonyl (C=O) groups is 1. The number of aromatic nitrogens is 1. The van der Waals surface area contributed by atoms with E-state index in [1.807, 2.05) is 0 Å². The van der Waals surface area contributed by atoms with Crippen molar-refractivity contribution in [3.63, 3.8) is 0 Å². The number of fused-ring (bicyclic) bond motifs is 1. The van der Waals surface area contributed by atoms with Gasteiger partial charge in [-0.15, -0.1) is 0 Å². The second-order valence-electron chi connectivity index (χ2n) is 2.63. The van der Waals surface area contributed by atoms with Gasteiger partial charge in [0.05, 0.1) is 17.0 Å². The first-order valence-corrected chi connectivity index (χ1v) is 3.60. The van der Waals surface area contributed by atoms with Gasteiger partial charge in [-0.3, -0.25) is 19.9 Å². The molecule has 1 aromatic rings. The highest BCUT2D eigenvalue weighted by molar-refractivity contribution is 6.00. The van der Waals surface area contributed by atoms with Gasteiger partial charge >= 0.3 is 0 Å². The van der Waals surface area contributed by atoms with Crippen molar-refractivity contribution in [1.82, 2.24) is 4.98 Å². The molecule has 0 fully saturated rings. The minimum Gasteiger partial charge on any atom is -0.319 e. The lowest BCUT2D eigenvalue weighted by Crippen LogP contribution is -2.04. The van der Waals surface area contributed by atoms with Gasteiger partial charge in [-0.05, 0) is 0 Å². The third-order valence-electron chi connectivity index (χ3n) is 1.80. The zero-order valence-electron chi connectivity index (χ0n) is 6.48. The highest BCUT2D eigenvalue weighted by Gasteiger charge is 2.27. The van der Waals surface area contributed by atoms with Gasteiger partial charge in [0.15, 0.2) is 0 Å². The predicted molar refractivity (Wildman–Crippen MR) is 43.2 cm³/mol. The maximum atomic E-state index is 10.9. The number of hydrogen-bond acceptors (Lipinski definition) is 4. The van der Waals surface area contributed by atoms with Crippen LogP contribution in [0, 0.1) is 10.1 Å². The van der Waals surface area contributed by atoms with Gasteiger partial charge < -0.3 is 5.32 Å². The van der Waals surface area contributed by atoms with E-state index < -0.39 is 4.92 Å². The molecule has 6 nitrogen and oxygen atoms in total. The molecule has 1 aliphatic rings. The summed E-state index contributed by atoms with van der Waals surface area (Å²) < 4.78 is 0. The standard InChI is InChI=1S/C7H5N3O3/c11-6-3-4-7(9-6)5(10(12)13)1-2-8-4/h1-2H,3H2,(H,9,11). The van der Waals surface area contributed by atoms with Crippen LogP contribution in [-0.2, 0) is 11.2 Å². The lowest BCUT2D eigenvalue weighted by Gasteiger charge is -1.97. The molecule has 2 heterocycles. The fourth-order valence-electron chi connectivity index (χ4n) is 1.25. The number of hydrogen-bond donors (Lipinski definition) is 1. The molecule has 2 rings (SSSR count). The number of carbonyl (C=O) groups excluding carboxylic acids is 1. The molecule has 1 amide bonds. The van der Waals surface area contributed by atoms with Crippen LogP contribution in [0.4, 0.5) is 11.4 Å². The summed E-state index contributed by atoms with van der Waals surface area (Å²) in [4.78, 5) is 24.7. The molecule has 0 aliphatic carbocycles. The molecule has 0 saturated heterocycles. The first kappa shape index (κ1) is 7.66. The molecule has 0 unspecified atom stereocenters. The lowest BCUT2D eigenvalue weighted by atomic mass is 10.2. The molecule has 0 radical (unpaired) electrons. The molecular weight excluding hydrogens is 174 g/mol. The average molecular weight is 179 g/mol. The van der Waals surface area contributed by atoms with Crippen LogP contribution in [-0.4, -0.2) is 15.8 Å². The molecule has 66 valence electrons. The van der Waals surface area contributed by atoms with Crippen LogP contribution in [0.1, 0.15) is 5.69 Å².